The third kappa shape index (κ3) is 4.59. The van der Waals surface area contributed by atoms with Crippen LogP contribution in [0.25, 0.3) is 0 Å². The Balaban J connectivity index is 1.55. The summed E-state index contributed by atoms with van der Waals surface area (Å²) in [5.74, 6) is 0.596. The van der Waals surface area contributed by atoms with Crippen LogP contribution < -0.4 is 4.74 Å². The molecule has 2 aromatic carbocycles. The van der Waals surface area contributed by atoms with E-state index in [1.807, 2.05) is 29.2 Å². The zero-order valence-electron chi connectivity index (χ0n) is 17.8. The number of ether oxygens (including phenoxy) is 1. The number of nitro groups is 1. The number of methoxy groups -OCH3 is 1. The van der Waals surface area contributed by atoms with Gasteiger partial charge in [-0.2, -0.15) is 0 Å². The van der Waals surface area contributed by atoms with E-state index in [4.69, 9.17) is 4.74 Å². The molecule has 1 aromatic heterocycles. The van der Waals surface area contributed by atoms with Gasteiger partial charge in [0.05, 0.1) is 16.9 Å². The summed E-state index contributed by atoms with van der Waals surface area (Å²) in [6.07, 6.45) is 4.04. The molecule has 4 rings (SSSR count). The van der Waals surface area contributed by atoms with Gasteiger partial charge in [0.1, 0.15) is 12.1 Å². The minimum absolute atomic E-state index is 0.0429. The van der Waals surface area contributed by atoms with Gasteiger partial charge in [-0.25, -0.2) is 0 Å². The highest BCUT2D eigenvalue weighted by molar-refractivity contribution is 7.99. The van der Waals surface area contributed by atoms with Crippen molar-refractivity contribution in [2.24, 2.45) is 7.05 Å². The fourth-order valence-corrected chi connectivity index (χ4v) is 4.75. The summed E-state index contributed by atoms with van der Waals surface area (Å²) in [6, 6.07) is 12.5. The molecule has 1 unspecified atom stereocenters. The minimum Gasteiger partial charge on any atom is -0.497 e. The number of carbonyl (C=O) groups is 1. The summed E-state index contributed by atoms with van der Waals surface area (Å²) in [5.41, 5.74) is 1.29. The summed E-state index contributed by atoms with van der Waals surface area (Å²) in [5, 5.41) is 20.0. The van der Waals surface area contributed by atoms with E-state index in [2.05, 4.69) is 10.2 Å². The molecule has 1 amide bonds. The number of nitrogens with zero attached hydrogens (tertiary/aromatic N) is 5. The van der Waals surface area contributed by atoms with Crippen molar-refractivity contribution in [3.05, 3.63) is 70.0 Å². The van der Waals surface area contributed by atoms with Crippen molar-refractivity contribution in [3.8, 4) is 5.75 Å². The number of likely N-dealkylation sites (tertiary alicyclic amines) is 1. The van der Waals surface area contributed by atoms with Crippen LogP contribution in [0.2, 0.25) is 0 Å². The molecule has 0 radical (unpaired) electrons. The molecular formula is C22H23N5O4S. The van der Waals surface area contributed by atoms with Gasteiger partial charge in [0, 0.05) is 31.3 Å². The Morgan fingerprint density at radius 1 is 1.31 bits per heavy atom. The second-order valence-electron chi connectivity index (χ2n) is 7.62. The Kier molecular flexibility index (Phi) is 6.40. The molecule has 9 nitrogen and oxygen atoms in total. The maximum Gasteiger partial charge on any atom is 0.284 e. The third-order valence-electron chi connectivity index (χ3n) is 5.52. The van der Waals surface area contributed by atoms with E-state index < -0.39 is 4.92 Å². The quantitative estimate of drug-likeness (QED) is 0.397. The van der Waals surface area contributed by atoms with Gasteiger partial charge in [-0.15, -0.1) is 10.2 Å². The molecule has 0 spiro atoms. The molecule has 2 heterocycles. The van der Waals surface area contributed by atoms with Crippen molar-refractivity contribution in [2.45, 2.75) is 35.4 Å². The van der Waals surface area contributed by atoms with Crippen molar-refractivity contribution >= 4 is 23.4 Å². The molecule has 1 atom stereocenters. The van der Waals surface area contributed by atoms with Crippen molar-refractivity contribution in [1.29, 1.82) is 0 Å². The molecule has 1 fully saturated rings. The zero-order chi connectivity index (χ0) is 22.7. The number of nitro benzene ring substituents is 1. The van der Waals surface area contributed by atoms with Crippen LogP contribution in [-0.4, -0.2) is 50.2 Å². The Morgan fingerprint density at radius 3 is 2.88 bits per heavy atom. The van der Waals surface area contributed by atoms with E-state index in [0.29, 0.717) is 28.6 Å². The molecular weight excluding hydrogens is 430 g/mol. The molecule has 0 bridgehead atoms. The molecule has 10 heteroatoms. The summed E-state index contributed by atoms with van der Waals surface area (Å²) in [6.45, 7) is 0.636. The predicted molar refractivity (Wildman–Crippen MR) is 119 cm³/mol. The standard InChI is InChI=1S/C22H23N5O4S/c1-25-14-23-24-22(25)32-20-9-8-16(13-19(20)27(29)30)21(28)26-10-4-6-17(26)11-15-5-3-7-18(12-15)31-2/h3,5,7-9,12-14,17H,4,6,10-11H2,1-2H3. The number of carbonyl (C=O) groups excluding carboxylic acids is 1. The van der Waals surface area contributed by atoms with Crippen LogP contribution in [-0.2, 0) is 13.5 Å². The van der Waals surface area contributed by atoms with Crippen LogP contribution in [0.15, 0.2) is 58.8 Å². The van der Waals surface area contributed by atoms with Gasteiger partial charge in [-0.3, -0.25) is 14.9 Å². The second-order valence-corrected chi connectivity index (χ2v) is 8.63. The van der Waals surface area contributed by atoms with Gasteiger partial charge >= 0.3 is 0 Å². The first kappa shape index (κ1) is 21.8. The van der Waals surface area contributed by atoms with Crippen LogP contribution in [0.3, 0.4) is 0 Å². The first-order chi connectivity index (χ1) is 15.5. The maximum absolute atomic E-state index is 13.3. The molecule has 1 aliphatic heterocycles. The van der Waals surface area contributed by atoms with E-state index in [-0.39, 0.29) is 17.6 Å². The highest BCUT2D eigenvalue weighted by atomic mass is 32.2. The topological polar surface area (TPSA) is 103 Å². The number of rotatable bonds is 7. The smallest absolute Gasteiger partial charge is 0.284 e. The second kappa shape index (κ2) is 9.39. The highest BCUT2D eigenvalue weighted by Crippen LogP contribution is 2.35. The van der Waals surface area contributed by atoms with Crippen LogP contribution in [0.1, 0.15) is 28.8 Å². The summed E-state index contributed by atoms with van der Waals surface area (Å²) < 4.78 is 6.98. The van der Waals surface area contributed by atoms with E-state index in [9.17, 15) is 14.9 Å². The first-order valence-electron chi connectivity index (χ1n) is 10.2. The predicted octanol–water partition coefficient (Wildman–Crippen LogP) is 3.73. The molecule has 32 heavy (non-hydrogen) atoms. The highest BCUT2D eigenvalue weighted by Gasteiger charge is 2.31. The van der Waals surface area contributed by atoms with Gasteiger partial charge in [-0.05, 0) is 60.9 Å². The van der Waals surface area contributed by atoms with Gasteiger partial charge in [0.2, 0.25) is 0 Å². The van der Waals surface area contributed by atoms with Crippen LogP contribution >= 0.6 is 11.8 Å². The molecule has 0 saturated carbocycles. The van der Waals surface area contributed by atoms with Gasteiger partial charge < -0.3 is 14.2 Å². The van der Waals surface area contributed by atoms with E-state index in [1.54, 1.807) is 30.9 Å². The monoisotopic (exact) mass is 453 g/mol. The van der Waals surface area contributed by atoms with Crippen molar-refractivity contribution in [1.82, 2.24) is 19.7 Å². The van der Waals surface area contributed by atoms with Gasteiger partial charge in [0.15, 0.2) is 5.16 Å². The molecule has 1 saturated heterocycles. The Hall–Kier alpha value is -3.40. The first-order valence-corrected chi connectivity index (χ1v) is 11.0. The average Bonchev–Trinajstić information content (AvgIpc) is 3.42. The van der Waals surface area contributed by atoms with Crippen LogP contribution in [0.4, 0.5) is 5.69 Å². The number of benzene rings is 2. The van der Waals surface area contributed by atoms with E-state index in [0.717, 1.165) is 35.9 Å². The molecule has 0 N–H and O–H groups in total. The Labute approximate surface area is 189 Å². The Morgan fingerprint density at radius 2 is 2.16 bits per heavy atom. The SMILES string of the molecule is COc1cccc(CC2CCCN2C(=O)c2ccc(Sc3nncn3C)c([N+](=O)[O-])c2)c1. The minimum atomic E-state index is -0.465. The average molecular weight is 454 g/mol. The zero-order valence-corrected chi connectivity index (χ0v) is 18.6. The van der Waals surface area contributed by atoms with Gasteiger partial charge in [-0.1, -0.05) is 12.1 Å². The van der Waals surface area contributed by atoms with Crippen molar-refractivity contribution < 1.29 is 14.5 Å². The number of aryl methyl sites for hydroxylation is 1. The lowest BCUT2D eigenvalue weighted by molar-refractivity contribution is -0.387. The number of hydrogen-bond acceptors (Lipinski definition) is 7. The summed E-state index contributed by atoms with van der Waals surface area (Å²) in [4.78, 5) is 26.8. The molecule has 1 aliphatic rings. The largest absolute Gasteiger partial charge is 0.497 e. The van der Waals surface area contributed by atoms with Crippen molar-refractivity contribution in [3.63, 3.8) is 0 Å². The lowest BCUT2D eigenvalue weighted by Gasteiger charge is -2.25. The molecule has 166 valence electrons. The van der Waals surface area contributed by atoms with E-state index in [1.165, 1.54) is 12.4 Å². The van der Waals surface area contributed by atoms with E-state index >= 15 is 0 Å². The number of hydrogen-bond donors (Lipinski definition) is 0. The Bertz CT molecular complexity index is 1150. The number of aromatic nitrogens is 3. The normalized spacial score (nSPS) is 15.7. The number of amides is 1. The molecule has 0 aliphatic carbocycles. The lowest BCUT2D eigenvalue weighted by atomic mass is 10.0. The molecule has 3 aromatic rings. The van der Waals surface area contributed by atoms with Crippen molar-refractivity contribution in [2.75, 3.05) is 13.7 Å². The maximum atomic E-state index is 13.3. The summed E-state index contributed by atoms with van der Waals surface area (Å²) in [7, 11) is 3.39. The fraction of sp³-hybridized carbons (Fsp3) is 0.318. The van der Waals surface area contributed by atoms with Gasteiger partial charge in [0.25, 0.3) is 11.6 Å². The lowest BCUT2D eigenvalue weighted by Crippen LogP contribution is -2.36. The van der Waals surface area contributed by atoms with Crippen LogP contribution in [0.5, 0.6) is 5.75 Å². The third-order valence-corrected chi connectivity index (χ3v) is 6.63. The van der Waals surface area contributed by atoms with Crippen LogP contribution in [0, 0.1) is 10.1 Å². The fourth-order valence-electron chi connectivity index (χ4n) is 3.90. The summed E-state index contributed by atoms with van der Waals surface area (Å²) >= 11 is 1.15.